The first kappa shape index (κ1) is 12.0. The first-order chi connectivity index (χ1) is 6.97. The molecule has 0 aliphatic heterocycles. The van der Waals surface area contributed by atoms with Crippen LogP contribution in [-0.2, 0) is 4.79 Å². The van der Waals surface area contributed by atoms with Crippen molar-refractivity contribution in [1.82, 2.24) is 0 Å². The summed E-state index contributed by atoms with van der Waals surface area (Å²) in [6.07, 6.45) is 0. The molecule has 0 spiro atoms. The maximum absolute atomic E-state index is 11.4. The van der Waals surface area contributed by atoms with E-state index in [1.807, 2.05) is 13.8 Å². The lowest BCUT2D eigenvalue weighted by molar-refractivity contribution is -0.115. The third kappa shape index (κ3) is 2.49. The molecule has 1 unspecified atom stereocenters. The number of anilines is 1. The SMILES string of the molecule is Cc1sc(NC(=O)C(C)Cl)c(C#N)c1C. The molecule has 5 heteroatoms. The van der Waals surface area contributed by atoms with E-state index in [1.54, 1.807) is 6.92 Å². The van der Waals surface area contributed by atoms with Gasteiger partial charge in [-0.25, -0.2) is 0 Å². The maximum atomic E-state index is 11.4. The smallest absolute Gasteiger partial charge is 0.242 e. The van der Waals surface area contributed by atoms with Crippen molar-refractivity contribution in [3.05, 3.63) is 16.0 Å². The van der Waals surface area contributed by atoms with Crippen molar-refractivity contribution < 1.29 is 4.79 Å². The van der Waals surface area contributed by atoms with Crippen LogP contribution in [0.15, 0.2) is 0 Å². The van der Waals surface area contributed by atoms with Crippen LogP contribution < -0.4 is 5.32 Å². The number of amides is 1. The van der Waals surface area contributed by atoms with E-state index in [4.69, 9.17) is 16.9 Å². The highest BCUT2D eigenvalue weighted by Gasteiger charge is 2.16. The zero-order chi connectivity index (χ0) is 11.6. The van der Waals surface area contributed by atoms with Crippen molar-refractivity contribution in [2.75, 3.05) is 5.32 Å². The summed E-state index contributed by atoms with van der Waals surface area (Å²) < 4.78 is 0. The summed E-state index contributed by atoms with van der Waals surface area (Å²) in [4.78, 5) is 12.4. The lowest BCUT2D eigenvalue weighted by Crippen LogP contribution is -2.20. The lowest BCUT2D eigenvalue weighted by Gasteiger charge is -2.03. The predicted octanol–water partition coefficient (Wildman–Crippen LogP) is 2.80. The van der Waals surface area contributed by atoms with Crippen LogP contribution in [0.3, 0.4) is 0 Å². The maximum Gasteiger partial charge on any atom is 0.242 e. The molecule has 1 heterocycles. The van der Waals surface area contributed by atoms with E-state index in [0.29, 0.717) is 10.6 Å². The van der Waals surface area contributed by atoms with Gasteiger partial charge in [0.05, 0.1) is 5.56 Å². The molecule has 1 atom stereocenters. The average molecular weight is 243 g/mol. The number of carbonyl (C=O) groups excluding carboxylic acids is 1. The van der Waals surface area contributed by atoms with Crippen LogP contribution in [0, 0.1) is 25.2 Å². The fraction of sp³-hybridized carbons (Fsp3) is 0.400. The summed E-state index contributed by atoms with van der Waals surface area (Å²) >= 11 is 7.03. The topological polar surface area (TPSA) is 52.9 Å². The Labute approximate surface area is 97.7 Å². The molecule has 0 aliphatic carbocycles. The van der Waals surface area contributed by atoms with Gasteiger partial charge in [0, 0.05) is 4.88 Å². The molecule has 3 nitrogen and oxygen atoms in total. The first-order valence-electron chi connectivity index (χ1n) is 4.42. The number of halogens is 1. The highest BCUT2D eigenvalue weighted by Crippen LogP contribution is 2.31. The van der Waals surface area contributed by atoms with Crippen LogP contribution in [0.2, 0.25) is 0 Å². The van der Waals surface area contributed by atoms with Crippen molar-refractivity contribution in [3.8, 4) is 6.07 Å². The standard InChI is InChI=1S/C10H11ClN2OS/c1-5-7(3)15-10(8(5)4-12)13-9(14)6(2)11/h6H,1-3H3,(H,13,14). The Bertz CT molecular complexity index is 431. The molecule has 0 radical (unpaired) electrons. The largest absolute Gasteiger partial charge is 0.315 e. The van der Waals surface area contributed by atoms with Gasteiger partial charge in [-0.3, -0.25) is 4.79 Å². The van der Waals surface area contributed by atoms with Gasteiger partial charge in [0.15, 0.2) is 0 Å². The molecule has 0 saturated heterocycles. The zero-order valence-corrected chi connectivity index (χ0v) is 10.3. The van der Waals surface area contributed by atoms with Crippen LogP contribution in [-0.4, -0.2) is 11.3 Å². The van der Waals surface area contributed by atoms with Gasteiger partial charge in [-0.15, -0.1) is 22.9 Å². The predicted molar refractivity (Wildman–Crippen MR) is 62.5 cm³/mol. The molecule has 0 fully saturated rings. The Morgan fingerprint density at radius 3 is 2.67 bits per heavy atom. The van der Waals surface area contributed by atoms with Gasteiger partial charge >= 0.3 is 0 Å². The summed E-state index contributed by atoms with van der Waals surface area (Å²) in [5.41, 5.74) is 1.45. The highest BCUT2D eigenvalue weighted by molar-refractivity contribution is 7.16. The molecular formula is C10H11ClN2OS. The number of carbonyl (C=O) groups is 1. The number of rotatable bonds is 2. The van der Waals surface area contributed by atoms with E-state index >= 15 is 0 Å². The fourth-order valence-electron chi connectivity index (χ4n) is 1.06. The van der Waals surface area contributed by atoms with Gasteiger partial charge in [-0.2, -0.15) is 5.26 Å². The zero-order valence-electron chi connectivity index (χ0n) is 8.72. The summed E-state index contributed by atoms with van der Waals surface area (Å²) in [5.74, 6) is -0.283. The van der Waals surface area contributed by atoms with E-state index < -0.39 is 5.38 Å². The number of hydrogen-bond acceptors (Lipinski definition) is 3. The van der Waals surface area contributed by atoms with Gasteiger partial charge in [-0.05, 0) is 26.3 Å². The lowest BCUT2D eigenvalue weighted by atomic mass is 10.2. The second-order valence-corrected chi connectivity index (χ2v) is 5.08. The van der Waals surface area contributed by atoms with Crippen LogP contribution in [0.1, 0.15) is 22.9 Å². The fourth-order valence-corrected chi connectivity index (χ4v) is 2.13. The highest BCUT2D eigenvalue weighted by atomic mass is 35.5. The molecule has 0 aromatic carbocycles. The monoisotopic (exact) mass is 242 g/mol. The number of aryl methyl sites for hydroxylation is 1. The second kappa shape index (κ2) is 4.65. The summed E-state index contributed by atoms with van der Waals surface area (Å²) in [6.45, 7) is 5.38. The van der Waals surface area contributed by atoms with Gasteiger partial charge in [0.25, 0.3) is 0 Å². The number of nitrogens with zero attached hydrogens (tertiary/aromatic N) is 1. The average Bonchev–Trinajstić information content (AvgIpc) is 2.42. The number of thiophene rings is 1. The van der Waals surface area contributed by atoms with E-state index in [2.05, 4.69) is 11.4 Å². The normalized spacial score (nSPS) is 11.9. The van der Waals surface area contributed by atoms with Gasteiger partial charge in [-0.1, -0.05) is 0 Å². The van der Waals surface area contributed by atoms with E-state index in [9.17, 15) is 4.79 Å². The number of alkyl halides is 1. The summed E-state index contributed by atoms with van der Waals surface area (Å²) in [7, 11) is 0. The Balaban J connectivity index is 3.02. The van der Waals surface area contributed by atoms with Gasteiger partial charge in [0.1, 0.15) is 16.4 Å². The van der Waals surface area contributed by atoms with Crippen molar-refractivity contribution >= 4 is 33.8 Å². The van der Waals surface area contributed by atoms with E-state index in [0.717, 1.165) is 10.4 Å². The Morgan fingerprint density at radius 1 is 1.60 bits per heavy atom. The number of nitriles is 1. The molecule has 1 aromatic heterocycles. The van der Waals surface area contributed by atoms with Crippen molar-refractivity contribution in [1.29, 1.82) is 5.26 Å². The molecule has 0 saturated carbocycles. The molecule has 1 rings (SSSR count). The minimum atomic E-state index is -0.598. The summed E-state index contributed by atoms with van der Waals surface area (Å²) in [6, 6.07) is 2.08. The molecule has 0 bridgehead atoms. The first-order valence-corrected chi connectivity index (χ1v) is 5.67. The minimum Gasteiger partial charge on any atom is -0.315 e. The second-order valence-electron chi connectivity index (χ2n) is 3.20. The summed E-state index contributed by atoms with van der Waals surface area (Å²) in [5, 5.41) is 11.6. The van der Waals surface area contributed by atoms with Gasteiger partial charge in [0.2, 0.25) is 5.91 Å². The van der Waals surface area contributed by atoms with Crippen molar-refractivity contribution in [3.63, 3.8) is 0 Å². The van der Waals surface area contributed by atoms with E-state index in [-0.39, 0.29) is 5.91 Å². The van der Waals surface area contributed by atoms with Crippen LogP contribution in [0.5, 0.6) is 0 Å². The van der Waals surface area contributed by atoms with Crippen LogP contribution >= 0.6 is 22.9 Å². The third-order valence-corrected chi connectivity index (χ3v) is 3.42. The Kier molecular flexibility index (Phi) is 3.72. The molecule has 80 valence electrons. The quantitative estimate of drug-likeness (QED) is 0.811. The number of nitrogens with one attached hydrogen (secondary N) is 1. The third-order valence-electron chi connectivity index (χ3n) is 2.10. The molecule has 1 amide bonds. The Hall–Kier alpha value is -1.05. The molecule has 1 aromatic rings. The molecular weight excluding hydrogens is 232 g/mol. The van der Waals surface area contributed by atoms with Crippen LogP contribution in [0.4, 0.5) is 5.00 Å². The molecule has 0 aliphatic rings. The Morgan fingerprint density at radius 2 is 2.20 bits per heavy atom. The van der Waals surface area contributed by atoms with Gasteiger partial charge < -0.3 is 5.32 Å². The van der Waals surface area contributed by atoms with Crippen molar-refractivity contribution in [2.45, 2.75) is 26.1 Å². The van der Waals surface area contributed by atoms with Crippen LogP contribution in [0.25, 0.3) is 0 Å². The van der Waals surface area contributed by atoms with E-state index in [1.165, 1.54) is 11.3 Å². The number of hydrogen-bond donors (Lipinski definition) is 1. The molecule has 15 heavy (non-hydrogen) atoms. The minimum absolute atomic E-state index is 0.283. The molecule has 1 N–H and O–H groups in total. The van der Waals surface area contributed by atoms with Crippen molar-refractivity contribution in [2.24, 2.45) is 0 Å².